The second-order valence-corrected chi connectivity index (χ2v) is 5.59. The Labute approximate surface area is 134 Å². The van der Waals surface area contributed by atoms with Crippen LogP contribution in [0.1, 0.15) is 19.4 Å². The van der Waals surface area contributed by atoms with Crippen LogP contribution in [0.2, 0.25) is 5.02 Å². The second kappa shape index (κ2) is 7.09. The van der Waals surface area contributed by atoms with Crippen molar-refractivity contribution in [1.29, 1.82) is 0 Å². The number of anilines is 1. The van der Waals surface area contributed by atoms with Gasteiger partial charge in [-0.25, -0.2) is 0 Å². The number of hydrogen-bond acceptors (Lipinski definition) is 3. The molecule has 0 unspecified atom stereocenters. The zero-order valence-corrected chi connectivity index (χ0v) is 13.1. The quantitative estimate of drug-likeness (QED) is 0.822. The van der Waals surface area contributed by atoms with Crippen molar-refractivity contribution in [2.24, 2.45) is 10.9 Å². The van der Waals surface area contributed by atoms with E-state index in [-0.39, 0.29) is 17.6 Å². The smallest absolute Gasteiger partial charge is 0.226 e. The molecule has 0 fully saturated rings. The third-order valence-electron chi connectivity index (χ3n) is 2.98. The van der Waals surface area contributed by atoms with Crippen molar-refractivity contribution in [2.75, 3.05) is 5.32 Å². The van der Waals surface area contributed by atoms with Crippen LogP contribution >= 0.6 is 11.6 Å². The summed E-state index contributed by atoms with van der Waals surface area (Å²) in [7, 11) is 0. The summed E-state index contributed by atoms with van der Waals surface area (Å²) in [6.07, 6.45) is 1.53. The molecule has 1 amide bonds. The first-order valence-electron chi connectivity index (χ1n) is 6.89. The molecular formula is C17H17ClN2O2. The van der Waals surface area contributed by atoms with Crippen molar-refractivity contribution in [3.63, 3.8) is 0 Å². The number of phenols is 1. The van der Waals surface area contributed by atoms with E-state index in [9.17, 15) is 9.90 Å². The van der Waals surface area contributed by atoms with Crippen molar-refractivity contribution in [3.05, 3.63) is 53.1 Å². The van der Waals surface area contributed by atoms with Crippen LogP contribution in [0.25, 0.3) is 0 Å². The summed E-state index contributed by atoms with van der Waals surface area (Å²) < 4.78 is 0. The molecule has 5 heteroatoms. The van der Waals surface area contributed by atoms with E-state index in [1.165, 1.54) is 12.3 Å². The Morgan fingerprint density at radius 2 is 2.05 bits per heavy atom. The molecule has 0 aliphatic carbocycles. The van der Waals surface area contributed by atoms with E-state index in [0.29, 0.717) is 22.0 Å². The number of halogens is 1. The zero-order valence-electron chi connectivity index (χ0n) is 12.4. The van der Waals surface area contributed by atoms with Gasteiger partial charge in [0.25, 0.3) is 0 Å². The maximum absolute atomic E-state index is 11.7. The Hall–Kier alpha value is -2.33. The van der Waals surface area contributed by atoms with Crippen LogP contribution in [0.5, 0.6) is 5.75 Å². The number of aromatic hydroxyl groups is 1. The minimum absolute atomic E-state index is 0.0476. The molecule has 0 saturated heterocycles. The highest BCUT2D eigenvalue weighted by atomic mass is 35.5. The summed E-state index contributed by atoms with van der Waals surface area (Å²) in [5.74, 6) is -0.0263. The van der Waals surface area contributed by atoms with Crippen molar-refractivity contribution >= 4 is 35.1 Å². The maximum atomic E-state index is 11.7. The average molecular weight is 317 g/mol. The molecule has 0 heterocycles. The zero-order chi connectivity index (χ0) is 16.1. The minimum atomic E-state index is -0.0874. The summed E-state index contributed by atoms with van der Waals surface area (Å²) in [6, 6.07) is 11.9. The van der Waals surface area contributed by atoms with Crippen molar-refractivity contribution in [3.8, 4) is 5.75 Å². The standard InChI is InChI=1S/C17H17ClN2O2/c1-11(2)17(22)20-15-5-3-4-14(9-15)19-10-12-8-13(18)6-7-16(12)21/h3-11,21H,1-2H3,(H,20,22). The molecule has 2 aromatic rings. The molecule has 2 rings (SSSR count). The van der Waals surface area contributed by atoms with Gasteiger partial charge in [0.15, 0.2) is 0 Å². The van der Waals surface area contributed by atoms with E-state index >= 15 is 0 Å². The number of aliphatic imine (C=N–C) groups is 1. The fourth-order valence-corrected chi connectivity index (χ4v) is 1.90. The Morgan fingerprint density at radius 3 is 2.77 bits per heavy atom. The Kier molecular flexibility index (Phi) is 5.17. The monoisotopic (exact) mass is 316 g/mol. The van der Waals surface area contributed by atoms with Gasteiger partial charge in [0.05, 0.1) is 5.69 Å². The van der Waals surface area contributed by atoms with Crippen molar-refractivity contribution < 1.29 is 9.90 Å². The molecule has 0 aliphatic heterocycles. The molecule has 2 aromatic carbocycles. The fourth-order valence-electron chi connectivity index (χ4n) is 1.72. The van der Waals surface area contributed by atoms with E-state index in [2.05, 4.69) is 10.3 Å². The predicted molar refractivity (Wildman–Crippen MR) is 90.3 cm³/mol. The highest BCUT2D eigenvalue weighted by molar-refractivity contribution is 6.30. The van der Waals surface area contributed by atoms with Gasteiger partial charge in [0, 0.05) is 28.4 Å². The van der Waals surface area contributed by atoms with Crippen LogP contribution < -0.4 is 5.32 Å². The molecule has 4 nitrogen and oxygen atoms in total. The van der Waals surface area contributed by atoms with E-state index in [1.54, 1.807) is 30.3 Å². The van der Waals surface area contributed by atoms with E-state index < -0.39 is 0 Å². The predicted octanol–water partition coefficient (Wildman–Crippen LogP) is 4.39. The number of carbonyl (C=O) groups excluding carboxylic acids is 1. The van der Waals surface area contributed by atoms with Gasteiger partial charge in [0.2, 0.25) is 5.91 Å². The van der Waals surface area contributed by atoms with Crippen LogP contribution in [0.3, 0.4) is 0 Å². The van der Waals surface area contributed by atoms with Crippen LogP contribution in [0.15, 0.2) is 47.5 Å². The normalized spacial score (nSPS) is 11.1. The molecule has 2 N–H and O–H groups in total. The number of hydrogen-bond donors (Lipinski definition) is 2. The molecular weight excluding hydrogens is 300 g/mol. The third-order valence-corrected chi connectivity index (χ3v) is 3.22. The van der Waals surface area contributed by atoms with Crippen LogP contribution in [0.4, 0.5) is 11.4 Å². The number of phenolic OH excluding ortho intramolecular Hbond substituents is 1. The van der Waals surface area contributed by atoms with Gasteiger partial charge in [0.1, 0.15) is 5.75 Å². The van der Waals surface area contributed by atoms with Crippen LogP contribution in [-0.4, -0.2) is 17.2 Å². The first-order valence-corrected chi connectivity index (χ1v) is 7.27. The van der Waals surface area contributed by atoms with Gasteiger partial charge >= 0.3 is 0 Å². The maximum Gasteiger partial charge on any atom is 0.226 e. The lowest BCUT2D eigenvalue weighted by Crippen LogP contribution is -2.17. The number of nitrogens with one attached hydrogen (secondary N) is 1. The lowest BCUT2D eigenvalue weighted by Gasteiger charge is -2.07. The lowest BCUT2D eigenvalue weighted by atomic mass is 10.2. The van der Waals surface area contributed by atoms with Gasteiger partial charge in [-0.2, -0.15) is 0 Å². The third kappa shape index (κ3) is 4.33. The summed E-state index contributed by atoms with van der Waals surface area (Å²) in [5, 5.41) is 13.1. The fraction of sp³-hybridized carbons (Fsp3) is 0.176. The molecule has 114 valence electrons. The van der Waals surface area contributed by atoms with Crippen molar-refractivity contribution in [1.82, 2.24) is 0 Å². The minimum Gasteiger partial charge on any atom is -0.507 e. The average Bonchev–Trinajstić information content (AvgIpc) is 2.48. The van der Waals surface area contributed by atoms with Crippen LogP contribution in [-0.2, 0) is 4.79 Å². The number of carbonyl (C=O) groups is 1. The highest BCUT2D eigenvalue weighted by Gasteiger charge is 2.07. The molecule has 0 aliphatic rings. The molecule has 0 atom stereocenters. The Balaban J connectivity index is 2.18. The van der Waals surface area contributed by atoms with Crippen molar-refractivity contribution in [2.45, 2.75) is 13.8 Å². The number of benzene rings is 2. The van der Waals surface area contributed by atoms with Crippen LogP contribution in [0, 0.1) is 5.92 Å². The highest BCUT2D eigenvalue weighted by Crippen LogP contribution is 2.22. The number of rotatable bonds is 4. The van der Waals surface area contributed by atoms with Gasteiger partial charge < -0.3 is 10.4 Å². The summed E-state index contributed by atoms with van der Waals surface area (Å²) in [5.41, 5.74) is 1.88. The Morgan fingerprint density at radius 1 is 1.27 bits per heavy atom. The number of amides is 1. The van der Waals surface area contributed by atoms with E-state index in [0.717, 1.165) is 0 Å². The molecule has 0 aromatic heterocycles. The van der Waals surface area contributed by atoms with Gasteiger partial charge in [-0.05, 0) is 36.4 Å². The Bertz CT molecular complexity index is 712. The van der Waals surface area contributed by atoms with Gasteiger partial charge in [-0.1, -0.05) is 31.5 Å². The molecule has 0 bridgehead atoms. The molecule has 0 radical (unpaired) electrons. The second-order valence-electron chi connectivity index (χ2n) is 5.16. The summed E-state index contributed by atoms with van der Waals surface area (Å²) >= 11 is 5.89. The summed E-state index contributed by atoms with van der Waals surface area (Å²) in [6.45, 7) is 3.67. The first-order chi connectivity index (χ1) is 10.5. The topological polar surface area (TPSA) is 61.7 Å². The first kappa shape index (κ1) is 16.0. The number of nitrogens with zero attached hydrogens (tertiary/aromatic N) is 1. The lowest BCUT2D eigenvalue weighted by molar-refractivity contribution is -0.118. The van der Waals surface area contributed by atoms with E-state index in [4.69, 9.17) is 11.6 Å². The molecule has 0 saturated carbocycles. The molecule has 0 spiro atoms. The summed E-state index contributed by atoms with van der Waals surface area (Å²) in [4.78, 5) is 16.0. The van der Waals surface area contributed by atoms with Gasteiger partial charge in [-0.3, -0.25) is 9.79 Å². The van der Waals surface area contributed by atoms with E-state index in [1.807, 2.05) is 19.9 Å². The SMILES string of the molecule is CC(C)C(=O)Nc1cccc(N=Cc2cc(Cl)ccc2O)c1. The largest absolute Gasteiger partial charge is 0.507 e. The molecule has 22 heavy (non-hydrogen) atoms. The van der Waals surface area contributed by atoms with Gasteiger partial charge in [-0.15, -0.1) is 0 Å².